The number of aromatic nitrogens is 3. The molecule has 32 heavy (non-hydrogen) atoms. The second-order valence-electron chi connectivity index (χ2n) is 7.11. The molecule has 0 aliphatic heterocycles. The number of rotatable bonds is 7. The molecule has 0 amide bonds. The van der Waals surface area contributed by atoms with Gasteiger partial charge in [-0.15, -0.1) is 0 Å². The van der Waals surface area contributed by atoms with Crippen molar-refractivity contribution >= 4 is 28.7 Å². The molecule has 4 rings (SSSR count). The molecule has 0 bridgehead atoms. The molecule has 0 atom stereocenters. The highest BCUT2D eigenvalue weighted by Crippen LogP contribution is 2.30. The van der Waals surface area contributed by atoms with E-state index in [1.807, 2.05) is 67.1 Å². The smallest absolute Gasteiger partial charge is 0.343 e. The molecule has 0 unspecified atom stereocenters. The average molecular weight is 447 g/mol. The second kappa shape index (κ2) is 9.57. The minimum Gasteiger partial charge on any atom is -0.457 e. The molecule has 7 nitrogen and oxygen atoms in total. The van der Waals surface area contributed by atoms with Crippen LogP contribution in [-0.4, -0.2) is 20.7 Å². The summed E-state index contributed by atoms with van der Waals surface area (Å²) >= 11 is 1.49. The quantitative estimate of drug-likeness (QED) is 0.411. The highest BCUT2D eigenvalue weighted by molar-refractivity contribution is 7.08. The number of thiophene rings is 1. The van der Waals surface area contributed by atoms with E-state index in [1.165, 1.54) is 16.0 Å². The van der Waals surface area contributed by atoms with Crippen LogP contribution in [0.1, 0.15) is 28.4 Å². The number of esters is 1. The molecule has 1 aromatic carbocycles. The summed E-state index contributed by atoms with van der Waals surface area (Å²) in [5, 5.41) is 11.4. The third-order valence-electron chi connectivity index (χ3n) is 4.97. The van der Waals surface area contributed by atoms with Crippen molar-refractivity contribution < 1.29 is 9.53 Å². The van der Waals surface area contributed by atoms with Crippen molar-refractivity contribution in [2.75, 3.05) is 5.32 Å². The van der Waals surface area contributed by atoms with Gasteiger partial charge in [0.2, 0.25) is 0 Å². The number of hydrogen-bond donors (Lipinski definition) is 1. The summed E-state index contributed by atoms with van der Waals surface area (Å²) < 4.78 is 6.95. The average Bonchev–Trinajstić information content (AvgIpc) is 3.35. The molecule has 4 aromatic rings. The standard InChI is InChI=1S/C24H22N4O3S/c1-3-28-23(29)22(26-19-13-25-11-9-16(19)2)20(21(27-28)18-10-12-32-15-18)24(30)31-14-17-7-5-4-6-8-17/h4-13,15,26H,3,14H2,1-2H3. The fraction of sp³-hybridized carbons (Fsp3) is 0.167. The molecule has 162 valence electrons. The van der Waals surface area contributed by atoms with Crippen molar-refractivity contribution in [1.82, 2.24) is 14.8 Å². The van der Waals surface area contributed by atoms with Crippen LogP contribution >= 0.6 is 11.3 Å². The Morgan fingerprint density at radius 1 is 1.19 bits per heavy atom. The number of aryl methyl sites for hydroxylation is 2. The first-order chi connectivity index (χ1) is 15.6. The zero-order valence-corrected chi connectivity index (χ0v) is 18.6. The number of carbonyl (C=O) groups is 1. The fourth-order valence-electron chi connectivity index (χ4n) is 3.23. The summed E-state index contributed by atoms with van der Waals surface area (Å²) in [6.07, 6.45) is 3.29. The van der Waals surface area contributed by atoms with Gasteiger partial charge in [-0.25, -0.2) is 9.48 Å². The maximum absolute atomic E-state index is 13.3. The lowest BCUT2D eigenvalue weighted by atomic mass is 10.1. The molecule has 3 aromatic heterocycles. The maximum Gasteiger partial charge on any atom is 0.343 e. The van der Waals surface area contributed by atoms with E-state index in [9.17, 15) is 9.59 Å². The predicted molar refractivity (Wildman–Crippen MR) is 125 cm³/mol. The van der Waals surface area contributed by atoms with E-state index < -0.39 is 11.5 Å². The molecule has 0 fully saturated rings. The minimum atomic E-state index is -0.619. The van der Waals surface area contributed by atoms with Crippen LogP contribution in [0.5, 0.6) is 0 Å². The summed E-state index contributed by atoms with van der Waals surface area (Å²) in [5.74, 6) is -0.619. The molecular weight excluding hydrogens is 424 g/mol. The summed E-state index contributed by atoms with van der Waals surface area (Å²) in [4.78, 5) is 30.7. The van der Waals surface area contributed by atoms with Gasteiger partial charge >= 0.3 is 5.97 Å². The number of hydrogen-bond acceptors (Lipinski definition) is 7. The van der Waals surface area contributed by atoms with Crippen molar-refractivity contribution in [3.05, 3.63) is 92.7 Å². The Bertz CT molecular complexity index is 1280. The lowest BCUT2D eigenvalue weighted by molar-refractivity contribution is 0.0474. The van der Waals surface area contributed by atoms with Crippen LogP contribution in [-0.2, 0) is 17.9 Å². The van der Waals surface area contributed by atoms with E-state index in [0.717, 1.165) is 16.7 Å². The largest absolute Gasteiger partial charge is 0.457 e. The Morgan fingerprint density at radius 3 is 2.69 bits per heavy atom. The number of benzene rings is 1. The zero-order valence-electron chi connectivity index (χ0n) is 17.7. The van der Waals surface area contributed by atoms with Crippen LogP contribution in [0.3, 0.4) is 0 Å². The van der Waals surface area contributed by atoms with E-state index in [4.69, 9.17) is 4.74 Å². The summed E-state index contributed by atoms with van der Waals surface area (Å²) in [5.41, 5.74) is 3.35. The Morgan fingerprint density at radius 2 is 2.00 bits per heavy atom. The topological polar surface area (TPSA) is 86.1 Å². The first-order valence-electron chi connectivity index (χ1n) is 10.1. The number of anilines is 2. The summed E-state index contributed by atoms with van der Waals surface area (Å²) in [7, 11) is 0. The minimum absolute atomic E-state index is 0.0883. The number of pyridine rings is 1. The molecule has 0 radical (unpaired) electrons. The van der Waals surface area contributed by atoms with Crippen LogP contribution in [0.15, 0.2) is 70.4 Å². The normalized spacial score (nSPS) is 10.7. The van der Waals surface area contributed by atoms with E-state index >= 15 is 0 Å². The van der Waals surface area contributed by atoms with E-state index in [1.54, 1.807) is 12.4 Å². The van der Waals surface area contributed by atoms with Gasteiger partial charge < -0.3 is 10.1 Å². The van der Waals surface area contributed by atoms with Gasteiger partial charge in [-0.2, -0.15) is 16.4 Å². The van der Waals surface area contributed by atoms with E-state index in [0.29, 0.717) is 17.9 Å². The van der Waals surface area contributed by atoms with E-state index in [2.05, 4.69) is 15.4 Å². The van der Waals surface area contributed by atoms with Crippen LogP contribution in [0.2, 0.25) is 0 Å². The first kappa shape index (κ1) is 21.5. The van der Waals surface area contributed by atoms with Crippen molar-refractivity contribution in [1.29, 1.82) is 0 Å². The molecule has 8 heteroatoms. The Kier molecular flexibility index (Phi) is 6.42. The van der Waals surface area contributed by atoms with Gasteiger partial charge in [0.1, 0.15) is 23.6 Å². The van der Waals surface area contributed by atoms with Gasteiger partial charge in [0.15, 0.2) is 0 Å². The van der Waals surface area contributed by atoms with E-state index in [-0.39, 0.29) is 17.9 Å². The number of carbonyl (C=O) groups excluding carboxylic acids is 1. The summed E-state index contributed by atoms with van der Waals surface area (Å²) in [6.45, 7) is 4.18. The molecule has 0 saturated heterocycles. The predicted octanol–water partition coefficient (Wildman–Crippen LogP) is 4.80. The van der Waals surface area contributed by atoms with Crippen molar-refractivity contribution in [2.24, 2.45) is 0 Å². The molecule has 1 N–H and O–H groups in total. The SMILES string of the molecule is CCn1nc(-c2ccsc2)c(C(=O)OCc2ccccc2)c(Nc2cnccc2C)c1=O. The third kappa shape index (κ3) is 4.45. The molecule has 0 saturated carbocycles. The lowest BCUT2D eigenvalue weighted by Gasteiger charge is -2.17. The highest BCUT2D eigenvalue weighted by atomic mass is 32.1. The lowest BCUT2D eigenvalue weighted by Crippen LogP contribution is -2.29. The molecular formula is C24H22N4O3S. The van der Waals surface area contributed by atoms with Crippen molar-refractivity contribution in [3.63, 3.8) is 0 Å². The number of ether oxygens (including phenoxy) is 1. The maximum atomic E-state index is 13.3. The van der Waals surface area contributed by atoms with Gasteiger partial charge in [0.25, 0.3) is 5.56 Å². The van der Waals surface area contributed by atoms with Crippen molar-refractivity contribution in [2.45, 2.75) is 27.0 Å². The Labute approximate surface area is 189 Å². The monoisotopic (exact) mass is 446 g/mol. The van der Waals surface area contributed by atoms with Crippen LogP contribution in [0.25, 0.3) is 11.3 Å². The van der Waals surface area contributed by atoms with Crippen LogP contribution in [0.4, 0.5) is 11.4 Å². The molecule has 0 spiro atoms. The summed E-state index contributed by atoms with van der Waals surface area (Å²) in [6, 6.07) is 13.1. The molecule has 0 aliphatic rings. The van der Waals surface area contributed by atoms with Gasteiger partial charge in [-0.3, -0.25) is 9.78 Å². The zero-order chi connectivity index (χ0) is 22.5. The first-order valence-corrected chi connectivity index (χ1v) is 11.1. The number of nitrogens with one attached hydrogen (secondary N) is 1. The second-order valence-corrected chi connectivity index (χ2v) is 7.89. The van der Waals surface area contributed by atoms with Crippen LogP contribution in [0, 0.1) is 6.92 Å². The van der Waals surface area contributed by atoms with Gasteiger partial charge in [-0.1, -0.05) is 30.3 Å². The fourth-order valence-corrected chi connectivity index (χ4v) is 3.87. The molecule has 0 aliphatic carbocycles. The van der Waals surface area contributed by atoms with Gasteiger partial charge in [-0.05, 0) is 42.5 Å². The van der Waals surface area contributed by atoms with Gasteiger partial charge in [0, 0.05) is 23.7 Å². The number of nitrogens with zero attached hydrogens (tertiary/aromatic N) is 3. The van der Waals surface area contributed by atoms with Gasteiger partial charge in [0.05, 0.1) is 11.9 Å². The molecule has 3 heterocycles. The Balaban J connectivity index is 1.84. The Hall–Kier alpha value is -3.78. The van der Waals surface area contributed by atoms with Crippen LogP contribution < -0.4 is 10.9 Å². The highest BCUT2D eigenvalue weighted by Gasteiger charge is 2.26. The third-order valence-corrected chi connectivity index (χ3v) is 5.65. The van der Waals surface area contributed by atoms with Crippen molar-refractivity contribution in [3.8, 4) is 11.3 Å².